The molecule has 1 N–H and O–H groups in total. The number of amides is 1. The van der Waals surface area contributed by atoms with E-state index in [1.165, 1.54) is 6.07 Å². The van der Waals surface area contributed by atoms with Crippen molar-refractivity contribution in [2.45, 2.75) is 40.2 Å². The third kappa shape index (κ3) is 4.54. The summed E-state index contributed by atoms with van der Waals surface area (Å²) in [6.07, 6.45) is 0.908. The van der Waals surface area contributed by atoms with E-state index in [4.69, 9.17) is 18.7 Å². The number of ether oxygens (including phenoxy) is 3. The zero-order valence-corrected chi connectivity index (χ0v) is 20.0. The van der Waals surface area contributed by atoms with Crippen molar-refractivity contribution in [2.75, 3.05) is 18.5 Å². The van der Waals surface area contributed by atoms with Crippen molar-refractivity contribution in [1.82, 2.24) is 5.16 Å². The van der Waals surface area contributed by atoms with Gasteiger partial charge in [-0.15, -0.1) is 11.3 Å². The van der Waals surface area contributed by atoms with Gasteiger partial charge >= 0.3 is 11.9 Å². The second-order valence-electron chi connectivity index (χ2n) is 7.69. The summed E-state index contributed by atoms with van der Waals surface area (Å²) in [6, 6.07) is 7.18. The summed E-state index contributed by atoms with van der Waals surface area (Å²) in [7, 11) is 0. The van der Waals surface area contributed by atoms with Crippen LogP contribution in [0.1, 0.15) is 62.4 Å². The van der Waals surface area contributed by atoms with E-state index in [1.54, 1.807) is 20.8 Å². The molecule has 1 aliphatic heterocycles. The van der Waals surface area contributed by atoms with Gasteiger partial charge in [-0.25, -0.2) is 9.59 Å². The lowest BCUT2D eigenvalue weighted by atomic mass is 10.1. The van der Waals surface area contributed by atoms with E-state index < -0.39 is 17.8 Å². The van der Waals surface area contributed by atoms with Crippen molar-refractivity contribution in [3.8, 4) is 17.1 Å². The van der Waals surface area contributed by atoms with Gasteiger partial charge in [0.05, 0.1) is 18.8 Å². The van der Waals surface area contributed by atoms with Gasteiger partial charge in [-0.1, -0.05) is 5.16 Å². The van der Waals surface area contributed by atoms with Gasteiger partial charge in [0.25, 0.3) is 5.91 Å². The Balaban J connectivity index is 1.59. The number of carbonyl (C=O) groups is 3. The van der Waals surface area contributed by atoms with Crippen molar-refractivity contribution in [3.05, 3.63) is 51.5 Å². The van der Waals surface area contributed by atoms with E-state index in [0.29, 0.717) is 11.3 Å². The SMILES string of the molecule is CCOC(=O)c1sc(NC(=O)c2cc(-c3ccc4c(c3)CC(C)O4)on2)c(C(=O)OCC)c1C. The molecule has 10 heteroatoms. The Morgan fingerprint density at radius 1 is 1.15 bits per heavy atom. The predicted octanol–water partition coefficient (Wildman–Crippen LogP) is 4.64. The van der Waals surface area contributed by atoms with E-state index in [0.717, 1.165) is 34.6 Å². The van der Waals surface area contributed by atoms with Gasteiger partial charge < -0.3 is 24.1 Å². The minimum absolute atomic E-state index is 0.0265. The molecule has 178 valence electrons. The first-order valence-corrected chi connectivity index (χ1v) is 11.7. The quantitative estimate of drug-likeness (QED) is 0.482. The zero-order chi connectivity index (χ0) is 24.4. The maximum atomic E-state index is 12.9. The standard InChI is InChI=1S/C24H24N2O7S/c1-5-30-23(28)19-13(4)20(24(29)31-6-2)34-22(19)25-21(27)16-11-18(33-26-16)14-7-8-17-15(10-14)9-12(3)32-17/h7-8,10-12H,5-6,9H2,1-4H3,(H,25,27). The lowest BCUT2D eigenvalue weighted by molar-refractivity contribution is 0.0527. The smallest absolute Gasteiger partial charge is 0.348 e. The molecule has 0 fully saturated rings. The number of benzene rings is 1. The third-order valence-corrected chi connectivity index (χ3v) is 6.42. The first-order valence-electron chi connectivity index (χ1n) is 10.9. The molecule has 9 nitrogen and oxygen atoms in total. The molecule has 1 aromatic carbocycles. The van der Waals surface area contributed by atoms with Crippen molar-refractivity contribution in [3.63, 3.8) is 0 Å². The summed E-state index contributed by atoms with van der Waals surface area (Å²) in [4.78, 5) is 38.0. The molecule has 0 saturated carbocycles. The number of thiophene rings is 1. The fraction of sp³-hybridized carbons (Fsp3) is 0.333. The monoisotopic (exact) mass is 484 g/mol. The zero-order valence-electron chi connectivity index (χ0n) is 19.2. The number of nitrogens with zero attached hydrogens (tertiary/aromatic N) is 1. The van der Waals surface area contributed by atoms with Crippen LogP contribution in [-0.2, 0) is 15.9 Å². The molecule has 1 unspecified atom stereocenters. The fourth-order valence-corrected chi connectivity index (χ4v) is 4.79. The van der Waals surface area contributed by atoms with Gasteiger partial charge in [0.15, 0.2) is 11.5 Å². The first kappa shape index (κ1) is 23.5. The van der Waals surface area contributed by atoms with Crippen molar-refractivity contribution in [2.24, 2.45) is 0 Å². The molecule has 1 amide bonds. The predicted molar refractivity (Wildman–Crippen MR) is 125 cm³/mol. The average molecular weight is 485 g/mol. The number of hydrogen-bond donors (Lipinski definition) is 1. The number of aromatic nitrogens is 1. The van der Waals surface area contributed by atoms with Crippen LogP contribution in [0.5, 0.6) is 5.75 Å². The lowest BCUT2D eigenvalue weighted by Gasteiger charge is -2.05. The number of nitrogens with one attached hydrogen (secondary N) is 1. The Morgan fingerprint density at radius 3 is 2.62 bits per heavy atom. The van der Waals surface area contributed by atoms with E-state index >= 15 is 0 Å². The second-order valence-corrected chi connectivity index (χ2v) is 8.71. The van der Waals surface area contributed by atoms with Crippen LogP contribution in [0.3, 0.4) is 0 Å². The summed E-state index contributed by atoms with van der Waals surface area (Å²) in [5.41, 5.74) is 2.35. The third-order valence-electron chi connectivity index (χ3n) is 5.24. The largest absolute Gasteiger partial charge is 0.490 e. The van der Waals surface area contributed by atoms with E-state index in [9.17, 15) is 14.4 Å². The molecule has 0 bridgehead atoms. The van der Waals surface area contributed by atoms with Crippen LogP contribution < -0.4 is 10.1 Å². The minimum atomic E-state index is -0.641. The molecule has 34 heavy (non-hydrogen) atoms. The molecule has 0 radical (unpaired) electrons. The number of rotatable bonds is 7. The van der Waals surface area contributed by atoms with Crippen molar-refractivity contribution < 1.29 is 33.1 Å². The van der Waals surface area contributed by atoms with Crippen molar-refractivity contribution in [1.29, 1.82) is 0 Å². The van der Waals surface area contributed by atoms with Crippen molar-refractivity contribution >= 4 is 34.2 Å². The lowest BCUT2D eigenvalue weighted by Crippen LogP contribution is -2.15. The molecule has 1 atom stereocenters. The van der Waals surface area contributed by atoms with E-state index in [1.807, 2.05) is 25.1 Å². The average Bonchev–Trinajstić information content (AvgIpc) is 3.50. The molecular weight excluding hydrogens is 460 g/mol. The Labute approximate surface area is 200 Å². The minimum Gasteiger partial charge on any atom is -0.490 e. The van der Waals surface area contributed by atoms with Gasteiger partial charge in [-0.2, -0.15) is 0 Å². The fourth-order valence-electron chi connectivity index (χ4n) is 3.70. The van der Waals surface area contributed by atoms with Crippen LogP contribution in [0.2, 0.25) is 0 Å². The molecule has 3 heterocycles. The van der Waals surface area contributed by atoms with Crippen LogP contribution in [0, 0.1) is 6.92 Å². The maximum absolute atomic E-state index is 12.9. The Kier molecular flexibility index (Phi) is 6.69. The highest BCUT2D eigenvalue weighted by molar-refractivity contribution is 7.18. The summed E-state index contributed by atoms with van der Waals surface area (Å²) >= 11 is 0.949. The Bertz CT molecular complexity index is 1260. The van der Waals surface area contributed by atoms with Crippen LogP contribution >= 0.6 is 11.3 Å². The summed E-state index contributed by atoms with van der Waals surface area (Å²) in [5, 5.41) is 6.72. The number of hydrogen-bond acceptors (Lipinski definition) is 9. The van der Waals surface area contributed by atoms with Gasteiger partial charge in [0.1, 0.15) is 21.7 Å². The van der Waals surface area contributed by atoms with E-state index in [-0.39, 0.29) is 40.5 Å². The highest BCUT2D eigenvalue weighted by Crippen LogP contribution is 2.36. The molecule has 4 rings (SSSR count). The van der Waals surface area contributed by atoms with Crippen LogP contribution in [0.4, 0.5) is 5.00 Å². The topological polar surface area (TPSA) is 117 Å². The number of carbonyl (C=O) groups excluding carboxylic acids is 3. The van der Waals surface area contributed by atoms with Crippen LogP contribution in [0.15, 0.2) is 28.8 Å². The summed E-state index contributed by atoms with van der Waals surface area (Å²) in [5.74, 6) is -0.541. The molecule has 2 aromatic heterocycles. The molecule has 0 spiro atoms. The number of anilines is 1. The van der Waals surface area contributed by atoms with Gasteiger partial charge in [-0.05, 0) is 57.0 Å². The molecule has 0 saturated heterocycles. The van der Waals surface area contributed by atoms with Crippen LogP contribution in [0.25, 0.3) is 11.3 Å². The normalized spacial score (nSPS) is 14.3. The van der Waals surface area contributed by atoms with Crippen LogP contribution in [-0.4, -0.2) is 42.3 Å². The Hall–Kier alpha value is -3.66. The first-order chi connectivity index (χ1) is 16.3. The van der Waals surface area contributed by atoms with Gasteiger partial charge in [0, 0.05) is 18.1 Å². The van der Waals surface area contributed by atoms with Gasteiger partial charge in [-0.3, -0.25) is 4.79 Å². The highest BCUT2D eigenvalue weighted by Gasteiger charge is 2.28. The van der Waals surface area contributed by atoms with Gasteiger partial charge in [0.2, 0.25) is 0 Å². The molecule has 0 aliphatic carbocycles. The highest BCUT2D eigenvalue weighted by atomic mass is 32.1. The number of esters is 2. The molecule has 1 aliphatic rings. The number of fused-ring (bicyclic) bond motifs is 1. The summed E-state index contributed by atoms with van der Waals surface area (Å²) in [6.45, 7) is 7.30. The molecule has 3 aromatic rings. The molecular formula is C24H24N2O7S. The second kappa shape index (κ2) is 9.68. The summed E-state index contributed by atoms with van der Waals surface area (Å²) < 4.78 is 21.3. The Morgan fingerprint density at radius 2 is 1.88 bits per heavy atom. The van der Waals surface area contributed by atoms with E-state index in [2.05, 4.69) is 10.5 Å². The maximum Gasteiger partial charge on any atom is 0.348 e.